The highest BCUT2D eigenvalue weighted by atomic mass is 79.9. The smallest absolute Gasteiger partial charge is 0.275 e. The van der Waals surface area contributed by atoms with Crippen LogP contribution in [0.2, 0.25) is 0 Å². The van der Waals surface area contributed by atoms with E-state index in [9.17, 15) is 9.90 Å². The number of hydrazone groups is 1. The van der Waals surface area contributed by atoms with Crippen LogP contribution in [0.25, 0.3) is 0 Å². The Balaban J connectivity index is 1.72. The minimum atomic E-state index is -0.483. The van der Waals surface area contributed by atoms with Crippen molar-refractivity contribution in [3.63, 3.8) is 0 Å². The normalized spacial score (nSPS) is 11.1. The second-order valence-electron chi connectivity index (χ2n) is 6.09. The van der Waals surface area contributed by atoms with E-state index in [4.69, 9.17) is 0 Å². The first-order valence-corrected chi connectivity index (χ1v) is 9.15. The number of hydrogen-bond donors (Lipinski definition) is 2. The van der Waals surface area contributed by atoms with Crippen molar-refractivity contribution in [2.24, 2.45) is 5.10 Å². The van der Waals surface area contributed by atoms with Gasteiger partial charge in [0, 0.05) is 15.7 Å². The number of rotatable bonds is 5. The Morgan fingerprint density at radius 3 is 2.70 bits per heavy atom. The third-order valence-corrected chi connectivity index (χ3v) is 4.67. The topological polar surface area (TPSA) is 79.5 Å². The highest BCUT2D eigenvalue weighted by molar-refractivity contribution is 9.10. The molecular weight excluding hydrogens is 408 g/mol. The molecule has 0 aliphatic heterocycles. The summed E-state index contributed by atoms with van der Waals surface area (Å²) in [5, 5.41) is 18.4. The van der Waals surface area contributed by atoms with Gasteiger partial charge in [0.25, 0.3) is 5.91 Å². The number of phenols is 1. The molecule has 138 valence electrons. The van der Waals surface area contributed by atoms with Crippen LogP contribution in [0.5, 0.6) is 5.75 Å². The molecule has 0 radical (unpaired) electrons. The predicted molar refractivity (Wildman–Crippen MR) is 108 cm³/mol. The van der Waals surface area contributed by atoms with Gasteiger partial charge in [-0.2, -0.15) is 10.2 Å². The summed E-state index contributed by atoms with van der Waals surface area (Å²) in [5.41, 5.74) is 6.39. The molecule has 1 amide bonds. The third kappa shape index (κ3) is 4.43. The lowest BCUT2D eigenvalue weighted by Gasteiger charge is -2.05. The predicted octanol–water partition coefficient (Wildman–Crippen LogP) is 3.78. The quantitative estimate of drug-likeness (QED) is 0.481. The lowest BCUT2D eigenvalue weighted by atomic mass is 10.2. The number of aromatic nitrogens is 2. The standard InChI is InChI=1S/C20H19BrN4O2/c1-13-18(14(2)25(24-13)12-15-6-4-3-5-7-15)11-22-23-20(27)17-9-8-16(21)10-19(17)26/h3-11,26H,12H2,1-2H3,(H,23,27). The zero-order chi connectivity index (χ0) is 19.4. The molecule has 1 heterocycles. The maximum absolute atomic E-state index is 12.2. The summed E-state index contributed by atoms with van der Waals surface area (Å²) in [6, 6.07) is 14.7. The molecule has 6 nitrogen and oxygen atoms in total. The zero-order valence-electron chi connectivity index (χ0n) is 15.0. The highest BCUT2D eigenvalue weighted by Gasteiger charge is 2.12. The van der Waals surface area contributed by atoms with E-state index >= 15 is 0 Å². The fourth-order valence-corrected chi connectivity index (χ4v) is 3.07. The van der Waals surface area contributed by atoms with Crippen molar-refractivity contribution in [1.82, 2.24) is 15.2 Å². The fourth-order valence-electron chi connectivity index (χ4n) is 2.72. The summed E-state index contributed by atoms with van der Waals surface area (Å²) in [4.78, 5) is 12.2. The van der Waals surface area contributed by atoms with Crippen molar-refractivity contribution in [1.29, 1.82) is 0 Å². The molecule has 0 aliphatic carbocycles. The molecule has 0 saturated carbocycles. The van der Waals surface area contributed by atoms with Crippen molar-refractivity contribution >= 4 is 28.1 Å². The summed E-state index contributed by atoms with van der Waals surface area (Å²) in [6.45, 7) is 4.53. The molecule has 27 heavy (non-hydrogen) atoms. The molecule has 0 spiro atoms. The van der Waals surface area contributed by atoms with E-state index in [0.717, 1.165) is 22.5 Å². The van der Waals surface area contributed by atoms with Gasteiger partial charge in [-0.3, -0.25) is 9.48 Å². The number of hydrogen-bond acceptors (Lipinski definition) is 4. The van der Waals surface area contributed by atoms with E-state index in [1.54, 1.807) is 12.3 Å². The van der Waals surface area contributed by atoms with Crippen molar-refractivity contribution in [2.45, 2.75) is 20.4 Å². The van der Waals surface area contributed by atoms with Crippen LogP contribution in [-0.4, -0.2) is 27.0 Å². The molecule has 0 aliphatic rings. The number of carbonyl (C=O) groups is 1. The molecule has 1 aromatic heterocycles. The average molecular weight is 427 g/mol. The molecule has 0 fully saturated rings. The van der Waals surface area contributed by atoms with Crippen molar-refractivity contribution < 1.29 is 9.90 Å². The number of amides is 1. The Hall–Kier alpha value is -2.93. The maximum Gasteiger partial charge on any atom is 0.275 e. The Kier molecular flexibility index (Phi) is 5.71. The van der Waals surface area contributed by atoms with Gasteiger partial charge in [-0.1, -0.05) is 46.3 Å². The number of aromatic hydroxyl groups is 1. The Morgan fingerprint density at radius 1 is 1.26 bits per heavy atom. The van der Waals surface area contributed by atoms with Crippen LogP contribution in [0.1, 0.15) is 32.9 Å². The molecule has 2 N–H and O–H groups in total. The molecule has 0 saturated heterocycles. The van der Waals surface area contributed by atoms with E-state index < -0.39 is 5.91 Å². The van der Waals surface area contributed by atoms with Gasteiger partial charge in [0.2, 0.25) is 0 Å². The van der Waals surface area contributed by atoms with Gasteiger partial charge in [-0.25, -0.2) is 5.43 Å². The number of carbonyl (C=O) groups excluding carboxylic acids is 1. The molecular formula is C20H19BrN4O2. The van der Waals surface area contributed by atoms with Crippen LogP contribution in [-0.2, 0) is 6.54 Å². The summed E-state index contributed by atoms with van der Waals surface area (Å²) >= 11 is 3.24. The Morgan fingerprint density at radius 2 is 2.00 bits per heavy atom. The van der Waals surface area contributed by atoms with Gasteiger partial charge in [-0.05, 0) is 37.6 Å². The molecule has 0 unspecified atom stereocenters. The Labute approximate surface area is 165 Å². The van der Waals surface area contributed by atoms with Crippen LogP contribution in [0.3, 0.4) is 0 Å². The SMILES string of the molecule is Cc1nn(Cc2ccccc2)c(C)c1C=NNC(=O)c1ccc(Br)cc1O. The van der Waals surface area contributed by atoms with Gasteiger partial charge in [-0.15, -0.1) is 0 Å². The van der Waals surface area contributed by atoms with Crippen LogP contribution in [0.15, 0.2) is 58.1 Å². The van der Waals surface area contributed by atoms with Gasteiger partial charge in [0.1, 0.15) is 5.75 Å². The van der Waals surface area contributed by atoms with E-state index in [-0.39, 0.29) is 11.3 Å². The van der Waals surface area contributed by atoms with E-state index in [0.29, 0.717) is 11.0 Å². The number of halogens is 1. The molecule has 3 rings (SSSR count). The first kappa shape index (κ1) is 18.8. The number of benzene rings is 2. The van der Waals surface area contributed by atoms with E-state index in [1.807, 2.05) is 36.7 Å². The van der Waals surface area contributed by atoms with Crippen molar-refractivity contribution in [3.8, 4) is 5.75 Å². The van der Waals surface area contributed by atoms with Gasteiger partial charge >= 0.3 is 0 Å². The number of nitrogens with one attached hydrogen (secondary N) is 1. The first-order valence-electron chi connectivity index (χ1n) is 8.35. The third-order valence-electron chi connectivity index (χ3n) is 4.18. The highest BCUT2D eigenvalue weighted by Crippen LogP contribution is 2.22. The molecule has 2 aromatic carbocycles. The maximum atomic E-state index is 12.2. The molecule has 0 atom stereocenters. The summed E-state index contributed by atoms with van der Waals surface area (Å²) < 4.78 is 2.60. The minimum Gasteiger partial charge on any atom is -0.507 e. The largest absolute Gasteiger partial charge is 0.507 e. The van der Waals surface area contributed by atoms with Crippen LogP contribution in [0.4, 0.5) is 0 Å². The van der Waals surface area contributed by atoms with Crippen LogP contribution >= 0.6 is 15.9 Å². The summed E-state index contributed by atoms with van der Waals surface area (Å²) in [7, 11) is 0. The second kappa shape index (κ2) is 8.18. The number of aryl methyl sites for hydroxylation is 1. The van der Waals surface area contributed by atoms with Crippen LogP contribution < -0.4 is 5.43 Å². The average Bonchev–Trinajstić information content (AvgIpc) is 2.89. The lowest BCUT2D eigenvalue weighted by molar-refractivity contribution is 0.0952. The summed E-state index contributed by atoms with van der Waals surface area (Å²) in [5.74, 6) is -0.594. The molecule has 7 heteroatoms. The molecule has 3 aromatic rings. The first-order chi connectivity index (χ1) is 13.0. The van der Waals surface area contributed by atoms with Crippen LogP contribution in [0, 0.1) is 13.8 Å². The zero-order valence-corrected chi connectivity index (χ0v) is 16.6. The lowest BCUT2D eigenvalue weighted by Crippen LogP contribution is -2.17. The van der Waals surface area contributed by atoms with Crippen molar-refractivity contribution in [3.05, 3.63) is 81.1 Å². The number of nitrogens with zero attached hydrogens (tertiary/aromatic N) is 3. The Bertz CT molecular complexity index is 997. The monoisotopic (exact) mass is 426 g/mol. The summed E-state index contributed by atoms with van der Waals surface area (Å²) in [6.07, 6.45) is 1.58. The van der Waals surface area contributed by atoms with E-state index in [2.05, 4.69) is 43.7 Å². The number of phenolic OH excluding ortho intramolecular Hbond substituents is 1. The second-order valence-corrected chi connectivity index (χ2v) is 7.00. The fraction of sp³-hybridized carbons (Fsp3) is 0.150. The molecule has 0 bridgehead atoms. The van der Waals surface area contributed by atoms with Gasteiger partial charge < -0.3 is 5.11 Å². The van der Waals surface area contributed by atoms with Gasteiger partial charge in [0.15, 0.2) is 0 Å². The van der Waals surface area contributed by atoms with E-state index in [1.165, 1.54) is 12.1 Å². The van der Waals surface area contributed by atoms with Gasteiger partial charge in [0.05, 0.1) is 24.0 Å². The minimum absolute atomic E-state index is 0.111. The van der Waals surface area contributed by atoms with Crippen molar-refractivity contribution in [2.75, 3.05) is 0 Å².